The van der Waals surface area contributed by atoms with Crippen LogP contribution in [0.1, 0.15) is 27.2 Å². The van der Waals surface area contributed by atoms with Gasteiger partial charge in [-0.3, -0.25) is 4.79 Å². The topological polar surface area (TPSA) is 39.4 Å². The average molecular weight is 360 g/mol. The number of carbonyl (C=O) groups is 1. The molecule has 0 N–H and O–H groups in total. The van der Waals surface area contributed by atoms with E-state index in [1.807, 2.05) is 0 Å². The van der Waals surface area contributed by atoms with Gasteiger partial charge in [0.05, 0.1) is 5.56 Å². The summed E-state index contributed by atoms with van der Waals surface area (Å²) in [5, 5.41) is 0. The van der Waals surface area contributed by atoms with E-state index in [9.17, 15) is 18.0 Å². The predicted octanol–water partition coefficient (Wildman–Crippen LogP) is 5.67. The third-order valence-electron chi connectivity index (χ3n) is 3.91. The van der Waals surface area contributed by atoms with Crippen LogP contribution in [-0.4, -0.2) is 6.29 Å². The van der Waals surface area contributed by atoms with Gasteiger partial charge in [0.1, 0.15) is 30.2 Å². The lowest BCUT2D eigenvalue weighted by Crippen LogP contribution is -2.03. The van der Waals surface area contributed by atoms with Crippen molar-refractivity contribution in [3.8, 4) is 17.1 Å². The molecule has 3 rings (SSSR count). The second kappa shape index (κ2) is 7.07. The zero-order valence-corrected chi connectivity index (χ0v) is 13.8. The molecule has 26 heavy (non-hydrogen) atoms. The molecular weight excluding hydrogens is 345 g/mol. The maximum Gasteiger partial charge on any atom is 0.416 e. The number of furan rings is 1. The van der Waals surface area contributed by atoms with Gasteiger partial charge in [-0.05, 0) is 37.3 Å². The number of benzene rings is 2. The van der Waals surface area contributed by atoms with Crippen molar-refractivity contribution in [1.29, 1.82) is 0 Å². The zero-order valence-electron chi connectivity index (χ0n) is 13.8. The molecule has 3 nitrogen and oxygen atoms in total. The van der Waals surface area contributed by atoms with Crippen LogP contribution in [0.5, 0.6) is 5.75 Å². The lowest BCUT2D eigenvalue weighted by Gasteiger charge is -2.06. The molecular formula is C20H15F3O3. The summed E-state index contributed by atoms with van der Waals surface area (Å²) in [5.41, 5.74) is 1.13. The summed E-state index contributed by atoms with van der Waals surface area (Å²) in [7, 11) is 0. The Hall–Kier alpha value is -3.02. The fourth-order valence-electron chi connectivity index (χ4n) is 2.47. The Morgan fingerprint density at radius 3 is 2.46 bits per heavy atom. The van der Waals surface area contributed by atoms with Crippen molar-refractivity contribution in [3.63, 3.8) is 0 Å². The SMILES string of the molecule is Cc1oc(-c2ccc(C(F)(F)F)cc2)cc1COc1cccc(C=O)c1. The second-order valence-corrected chi connectivity index (χ2v) is 5.75. The van der Waals surface area contributed by atoms with Gasteiger partial charge in [0.25, 0.3) is 0 Å². The lowest BCUT2D eigenvalue weighted by molar-refractivity contribution is -0.137. The first-order valence-electron chi connectivity index (χ1n) is 7.82. The number of halogens is 3. The first-order chi connectivity index (χ1) is 12.4. The van der Waals surface area contributed by atoms with Gasteiger partial charge in [-0.1, -0.05) is 24.3 Å². The Bertz CT molecular complexity index is 909. The molecule has 1 heterocycles. The molecule has 0 aliphatic heterocycles. The molecule has 0 bridgehead atoms. The maximum atomic E-state index is 12.6. The van der Waals surface area contributed by atoms with E-state index in [4.69, 9.17) is 9.15 Å². The smallest absolute Gasteiger partial charge is 0.416 e. The fraction of sp³-hybridized carbons (Fsp3) is 0.150. The highest BCUT2D eigenvalue weighted by Gasteiger charge is 2.30. The van der Waals surface area contributed by atoms with E-state index in [1.165, 1.54) is 12.1 Å². The predicted molar refractivity (Wildman–Crippen MR) is 90.0 cm³/mol. The third kappa shape index (κ3) is 3.96. The highest BCUT2D eigenvalue weighted by molar-refractivity contribution is 5.75. The Morgan fingerprint density at radius 1 is 1.08 bits per heavy atom. The van der Waals surface area contributed by atoms with Crippen LogP contribution in [0.2, 0.25) is 0 Å². The van der Waals surface area contributed by atoms with Gasteiger partial charge in [-0.25, -0.2) is 0 Å². The van der Waals surface area contributed by atoms with Gasteiger partial charge < -0.3 is 9.15 Å². The average Bonchev–Trinajstić information content (AvgIpc) is 3.00. The van der Waals surface area contributed by atoms with E-state index < -0.39 is 11.7 Å². The first-order valence-corrected chi connectivity index (χ1v) is 7.82. The van der Waals surface area contributed by atoms with Crippen molar-refractivity contribution >= 4 is 6.29 Å². The summed E-state index contributed by atoms with van der Waals surface area (Å²) in [6.07, 6.45) is -3.63. The van der Waals surface area contributed by atoms with Crippen molar-refractivity contribution in [2.45, 2.75) is 19.7 Å². The first kappa shape index (κ1) is 17.8. The number of alkyl halides is 3. The summed E-state index contributed by atoms with van der Waals surface area (Å²) in [6, 6.07) is 13.3. The van der Waals surface area contributed by atoms with Gasteiger partial charge in [0.15, 0.2) is 0 Å². The number of hydrogen-bond acceptors (Lipinski definition) is 3. The van der Waals surface area contributed by atoms with Crippen molar-refractivity contribution < 1.29 is 27.1 Å². The van der Waals surface area contributed by atoms with Crippen LogP contribution in [0.4, 0.5) is 13.2 Å². The summed E-state index contributed by atoms with van der Waals surface area (Å²) >= 11 is 0. The van der Waals surface area contributed by atoms with Crippen molar-refractivity contribution in [2.24, 2.45) is 0 Å². The highest BCUT2D eigenvalue weighted by atomic mass is 19.4. The fourth-order valence-corrected chi connectivity index (χ4v) is 2.47. The van der Waals surface area contributed by atoms with E-state index in [2.05, 4.69) is 0 Å². The normalized spacial score (nSPS) is 11.4. The number of hydrogen-bond donors (Lipinski definition) is 0. The molecule has 6 heteroatoms. The molecule has 0 spiro atoms. The number of aldehydes is 1. The molecule has 0 aliphatic rings. The largest absolute Gasteiger partial charge is 0.489 e. The Balaban J connectivity index is 1.75. The van der Waals surface area contributed by atoms with Crippen LogP contribution in [0.15, 0.2) is 59.0 Å². The molecule has 0 saturated carbocycles. The molecule has 0 fully saturated rings. The van der Waals surface area contributed by atoms with Gasteiger partial charge in [0, 0.05) is 16.7 Å². The minimum absolute atomic E-state index is 0.221. The van der Waals surface area contributed by atoms with Crippen LogP contribution < -0.4 is 4.74 Å². The summed E-state index contributed by atoms with van der Waals surface area (Å²) in [4.78, 5) is 10.8. The molecule has 0 unspecified atom stereocenters. The van der Waals surface area contributed by atoms with E-state index >= 15 is 0 Å². The quantitative estimate of drug-likeness (QED) is 0.551. The Kier molecular flexibility index (Phi) is 4.84. The molecule has 0 atom stereocenters. The van der Waals surface area contributed by atoms with Crippen LogP contribution in [0, 0.1) is 6.92 Å². The summed E-state index contributed by atoms with van der Waals surface area (Å²) < 4.78 is 49.2. The molecule has 1 aromatic heterocycles. The number of ether oxygens (including phenoxy) is 1. The standard InChI is InChI=1S/C20H15F3O3/c1-13-16(12-25-18-4-2-3-14(9-18)11-24)10-19(26-13)15-5-7-17(8-6-15)20(21,22)23/h2-11H,12H2,1H3. The molecule has 0 saturated heterocycles. The van der Waals surface area contributed by atoms with Gasteiger partial charge in [-0.2, -0.15) is 13.2 Å². The summed E-state index contributed by atoms with van der Waals surface area (Å²) in [6.45, 7) is 1.98. The van der Waals surface area contributed by atoms with Crippen molar-refractivity contribution in [2.75, 3.05) is 0 Å². The Morgan fingerprint density at radius 2 is 1.81 bits per heavy atom. The minimum atomic E-state index is -4.37. The molecule has 3 aromatic rings. The van der Waals surface area contributed by atoms with Gasteiger partial charge in [0.2, 0.25) is 0 Å². The van der Waals surface area contributed by atoms with Crippen LogP contribution >= 0.6 is 0 Å². The van der Waals surface area contributed by atoms with E-state index in [1.54, 1.807) is 37.3 Å². The maximum absolute atomic E-state index is 12.6. The van der Waals surface area contributed by atoms with E-state index in [-0.39, 0.29) is 6.61 Å². The second-order valence-electron chi connectivity index (χ2n) is 5.75. The monoisotopic (exact) mass is 360 g/mol. The Labute approximate surface area is 148 Å². The molecule has 0 amide bonds. The van der Waals surface area contributed by atoms with Crippen LogP contribution in [0.25, 0.3) is 11.3 Å². The van der Waals surface area contributed by atoms with E-state index in [0.717, 1.165) is 24.0 Å². The minimum Gasteiger partial charge on any atom is -0.489 e. The zero-order chi connectivity index (χ0) is 18.7. The third-order valence-corrected chi connectivity index (χ3v) is 3.91. The molecule has 2 aromatic carbocycles. The summed E-state index contributed by atoms with van der Waals surface area (Å²) in [5.74, 6) is 1.63. The highest BCUT2D eigenvalue weighted by Crippen LogP contribution is 2.32. The van der Waals surface area contributed by atoms with Gasteiger partial charge in [-0.15, -0.1) is 0 Å². The number of aryl methyl sites for hydroxylation is 1. The van der Waals surface area contributed by atoms with Crippen molar-refractivity contribution in [3.05, 3.63) is 77.0 Å². The number of carbonyl (C=O) groups excluding carboxylic acids is 1. The van der Waals surface area contributed by atoms with Gasteiger partial charge >= 0.3 is 6.18 Å². The molecule has 0 aliphatic carbocycles. The number of rotatable bonds is 5. The molecule has 0 radical (unpaired) electrons. The lowest BCUT2D eigenvalue weighted by atomic mass is 10.1. The van der Waals surface area contributed by atoms with Crippen LogP contribution in [0.3, 0.4) is 0 Å². The van der Waals surface area contributed by atoms with E-state index in [0.29, 0.717) is 28.4 Å². The van der Waals surface area contributed by atoms with Crippen LogP contribution in [-0.2, 0) is 12.8 Å². The van der Waals surface area contributed by atoms with Crippen molar-refractivity contribution in [1.82, 2.24) is 0 Å². The molecule has 134 valence electrons.